The highest BCUT2D eigenvalue weighted by Crippen LogP contribution is 2.47. The largest absolute Gasteiger partial charge is 0.468 e. The summed E-state index contributed by atoms with van der Waals surface area (Å²) in [5, 5.41) is 1.57. The number of esters is 2. The Morgan fingerprint density at radius 1 is 1.20 bits per heavy atom. The van der Waals surface area contributed by atoms with E-state index in [0.717, 1.165) is 5.56 Å². The van der Waals surface area contributed by atoms with Crippen LogP contribution in [0, 0.1) is 18.3 Å². The molecule has 0 aliphatic heterocycles. The van der Waals surface area contributed by atoms with Crippen LogP contribution in [0.4, 0.5) is 0 Å². The number of allylic oxidation sites excluding steroid dienone is 2. The average Bonchev–Trinajstić information content (AvgIpc) is 2.96. The molecule has 1 fully saturated rings. The molecule has 0 spiro atoms. The van der Waals surface area contributed by atoms with Crippen molar-refractivity contribution in [3.8, 4) is 0 Å². The van der Waals surface area contributed by atoms with E-state index in [9.17, 15) is 13.8 Å². The van der Waals surface area contributed by atoms with Crippen LogP contribution in [0.3, 0.4) is 0 Å². The maximum absolute atomic E-state index is 12.4. The third-order valence-corrected chi connectivity index (χ3v) is 5.60. The fourth-order valence-corrected chi connectivity index (χ4v) is 3.91. The van der Waals surface area contributed by atoms with Crippen molar-refractivity contribution >= 4 is 22.7 Å². The van der Waals surface area contributed by atoms with Crippen molar-refractivity contribution in [2.24, 2.45) is 11.3 Å². The van der Waals surface area contributed by atoms with Crippen LogP contribution in [0.5, 0.6) is 0 Å². The van der Waals surface area contributed by atoms with Gasteiger partial charge >= 0.3 is 11.9 Å². The number of benzene rings is 1. The molecule has 0 N–H and O–H groups in total. The number of ether oxygens (including phenoxy) is 2. The molecule has 6 heteroatoms. The Bertz CT molecular complexity index is 717. The molecule has 134 valence electrons. The Morgan fingerprint density at radius 3 is 2.28 bits per heavy atom. The van der Waals surface area contributed by atoms with E-state index in [2.05, 4.69) is 6.58 Å². The lowest BCUT2D eigenvalue weighted by molar-refractivity contribution is -0.168. The number of hydrogen-bond acceptors (Lipinski definition) is 5. The van der Waals surface area contributed by atoms with Crippen LogP contribution in [0.1, 0.15) is 18.4 Å². The lowest BCUT2D eigenvalue weighted by atomic mass is 9.85. The van der Waals surface area contributed by atoms with Crippen LogP contribution in [0.25, 0.3) is 0 Å². The average molecular weight is 362 g/mol. The van der Waals surface area contributed by atoms with E-state index in [0.29, 0.717) is 10.5 Å². The number of rotatable bonds is 5. The minimum Gasteiger partial charge on any atom is -0.468 e. The zero-order chi connectivity index (χ0) is 18.6. The van der Waals surface area contributed by atoms with E-state index in [1.54, 1.807) is 11.5 Å². The predicted octanol–water partition coefficient (Wildman–Crippen LogP) is 2.91. The summed E-state index contributed by atoms with van der Waals surface area (Å²) < 4.78 is 22.0. The number of carbonyl (C=O) groups excluding carboxylic acids is 2. The Hall–Kier alpha value is -2.21. The molecule has 5 nitrogen and oxygen atoms in total. The minimum absolute atomic E-state index is 0.165. The molecular weight excluding hydrogens is 340 g/mol. The van der Waals surface area contributed by atoms with Gasteiger partial charge in [0.2, 0.25) is 0 Å². The van der Waals surface area contributed by atoms with Crippen molar-refractivity contribution in [3.05, 3.63) is 53.5 Å². The van der Waals surface area contributed by atoms with Crippen LogP contribution in [-0.4, -0.2) is 30.4 Å². The molecule has 2 rings (SSSR count). The summed E-state index contributed by atoms with van der Waals surface area (Å²) in [5.41, 5.74) is 0.434. The molecule has 0 radical (unpaired) electrons. The molecule has 0 heterocycles. The summed E-state index contributed by atoms with van der Waals surface area (Å²) in [4.78, 5) is 25.0. The van der Waals surface area contributed by atoms with E-state index in [1.807, 2.05) is 31.2 Å². The molecule has 0 saturated heterocycles. The first-order chi connectivity index (χ1) is 11.8. The van der Waals surface area contributed by atoms with Crippen LogP contribution in [0.15, 0.2) is 52.8 Å². The van der Waals surface area contributed by atoms with Crippen LogP contribution in [-0.2, 0) is 29.9 Å². The van der Waals surface area contributed by atoms with Crippen molar-refractivity contribution in [2.75, 3.05) is 14.2 Å². The van der Waals surface area contributed by atoms with Gasteiger partial charge in [0.15, 0.2) is 5.41 Å². The molecular formula is C19H22O5S. The standard InChI is InChI=1S/C19H22O5S/c1-13-5-7-16(8-6-13)25(22)10-9-15-12-19(11-14(15)2,17(20)23-3)18(21)24-4/h5-10,15H,2,11-12H2,1,3-4H3/b10-9+/t15-,25?/m1/s1. The highest BCUT2D eigenvalue weighted by Gasteiger charge is 2.54. The van der Waals surface area contributed by atoms with E-state index >= 15 is 0 Å². The molecule has 1 aliphatic rings. The second kappa shape index (κ2) is 7.78. The summed E-state index contributed by atoms with van der Waals surface area (Å²) in [6.07, 6.45) is 2.11. The molecule has 1 aromatic carbocycles. The van der Waals surface area contributed by atoms with E-state index in [-0.39, 0.29) is 18.8 Å². The van der Waals surface area contributed by atoms with Gasteiger partial charge < -0.3 is 9.47 Å². The Labute approximate surface area is 150 Å². The quantitative estimate of drug-likeness (QED) is 0.458. The highest BCUT2D eigenvalue weighted by molar-refractivity contribution is 7.88. The topological polar surface area (TPSA) is 69.7 Å². The van der Waals surface area contributed by atoms with Gasteiger partial charge in [0.25, 0.3) is 0 Å². The van der Waals surface area contributed by atoms with Gasteiger partial charge in [0, 0.05) is 16.2 Å². The molecule has 1 unspecified atom stereocenters. The third-order valence-electron chi connectivity index (χ3n) is 4.46. The normalized spacial score (nSPS) is 20.4. The van der Waals surface area contributed by atoms with Crippen molar-refractivity contribution in [3.63, 3.8) is 0 Å². The molecule has 25 heavy (non-hydrogen) atoms. The first kappa shape index (κ1) is 19.1. The second-order valence-electron chi connectivity index (χ2n) is 6.15. The van der Waals surface area contributed by atoms with Crippen molar-refractivity contribution in [1.82, 2.24) is 0 Å². The summed E-state index contributed by atoms with van der Waals surface area (Å²) >= 11 is 0. The minimum atomic E-state index is -1.37. The van der Waals surface area contributed by atoms with Crippen LogP contribution < -0.4 is 0 Å². The third kappa shape index (κ3) is 3.90. The summed E-state index contributed by atoms with van der Waals surface area (Å²) in [6, 6.07) is 7.42. The van der Waals surface area contributed by atoms with Crippen molar-refractivity contribution in [1.29, 1.82) is 0 Å². The number of aryl methyl sites for hydroxylation is 1. The molecule has 0 bridgehead atoms. The van der Waals surface area contributed by atoms with Gasteiger partial charge in [-0.05, 0) is 31.9 Å². The highest BCUT2D eigenvalue weighted by atomic mass is 32.2. The lowest BCUT2D eigenvalue weighted by Gasteiger charge is -2.22. The summed E-state index contributed by atoms with van der Waals surface area (Å²) in [5.74, 6) is -1.50. The van der Waals surface area contributed by atoms with Gasteiger partial charge in [-0.1, -0.05) is 35.9 Å². The predicted molar refractivity (Wildman–Crippen MR) is 95.1 cm³/mol. The number of hydrogen-bond donors (Lipinski definition) is 0. The number of methoxy groups -OCH3 is 2. The SMILES string of the molecule is C=C1CC(C(=O)OC)(C(=O)OC)C[C@H]1/C=C/S(=O)c1ccc(C)cc1. The maximum atomic E-state index is 12.4. The summed E-state index contributed by atoms with van der Waals surface area (Å²) in [6.45, 7) is 5.92. The molecule has 2 atom stereocenters. The van der Waals surface area contributed by atoms with E-state index in [1.165, 1.54) is 14.2 Å². The van der Waals surface area contributed by atoms with Gasteiger partial charge in [-0.2, -0.15) is 0 Å². The molecule has 1 saturated carbocycles. The zero-order valence-corrected chi connectivity index (χ0v) is 15.4. The smallest absolute Gasteiger partial charge is 0.323 e. The monoisotopic (exact) mass is 362 g/mol. The fourth-order valence-electron chi connectivity index (χ4n) is 3.02. The Morgan fingerprint density at radius 2 is 1.76 bits per heavy atom. The molecule has 1 aromatic rings. The summed E-state index contributed by atoms with van der Waals surface area (Å²) in [7, 11) is 1.18. The molecule has 0 amide bonds. The van der Waals surface area contributed by atoms with Gasteiger partial charge in [-0.15, -0.1) is 0 Å². The van der Waals surface area contributed by atoms with Gasteiger partial charge in [0.05, 0.1) is 25.0 Å². The van der Waals surface area contributed by atoms with Gasteiger partial charge in [-0.25, -0.2) is 4.21 Å². The van der Waals surface area contributed by atoms with Gasteiger partial charge in [-0.3, -0.25) is 9.59 Å². The first-order valence-corrected chi connectivity index (χ1v) is 9.05. The number of carbonyl (C=O) groups is 2. The fraction of sp³-hybridized carbons (Fsp3) is 0.368. The van der Waals surface area contributed by atoms with Crippen LogP contribution >= 0.6 is 0 Å². The second-order valence-corrected chi connectivity index (χ2v) is 7.49. The zero-order valence-electron chi connectivity index (χ0n) is 14.6. The van der Waals surface area contributed by atoms with Crippen molar-refractivity contribution < 1.29 is 23.3 Å². The van der Waals surface area contributed by atoms with Gasteiger partial charge in [0.1, 0.15) is 0 Å². The van der Waals surface area contributed by atoms with E-state index in [4.69, 9.17) is 9.47 Å². The lowest BCUT2D eigenvalue weighted by Crippen LogP contribution is -2.39. The first-order valence-electron chi connectivity index (χ1n) is 7.84. The maximum Gasteiger partial charge on any atom is 0.323 e. The van der Waals surface area contributed by atoms with Crippen molar-refractivity contribution in [2.45, 2.75) is 24.7 Å². The Balaban J connectivity index is 2.19. The van der Waals surface area contributed by atoms with Crippen LogP contribution in [0.2, 0.25) is 0 Å². The molecule has 1 aliphatic carbocycles. The Kier molecular flexibility index (Phi) is 5.95. The molecule has 0 aromatic heterocycles. The van der Waals surface area contributed by atoms with E-state index < -0.39 is 28.2 Å².